The van der Waals surface area contributed by atoms with Gasteiger partial charge in [-0.25, -0.2) is 19.3 Å². The smallest absolute Gasteiger partial charge is 0.419 e. The minimum absolute atomic E-state index is 0.227. The van der Waals surface area contributed by atoms with Gasteiger partial charge in [-0.1, -0.05) is 143 Å². The standard InChI is InChI=1S/C17H33NO4.C16H33NO2/c1-3-5-7-9-10-11-13-15-22-17(21)18(16(19)20)14-12-8-6-4-2;1-3-5-7-9-10-11-13-15-19-16(18)17-14-12-8-6-4-2/h3-15H2,1-2H3,(H,19,20);3-15H2,1-2H3,(H,17,18). The lowest BCUT2D eigenvalue weighted by atomic mass is 10.1. The minimum Gasteiger partial charge on any atom is -0.465 e. The highest BCUT2D eigenvalue weighted by Gasteiger charge is 2.21. The number of rotatable bonds is 26. The second kappa shape index (κ2) is 34.2. The summed E-state index contributed by atoms with van der Waals surface area (Å²) in [7, 11) is 0. The van der Waals surface area contributed by atoms with Gasteiger partial charge >= 0.3 is 18.3 Å². The molecule has 8 nitrogen and oxygen atoms in total. The molecule has 0 aliphatic carbocycles. The molecule has 0 aliphatic heterocycles. The van der Waals surface area contributed by atoms with Crippen molar-refractivity contribution in [1.82, 2.24) is 10.2 Å². The molecular formula is C33H66N2O6. The van der Waals surface area contributed by atoms with Gasteiger partial charge in [-0.2, -0.15) is 0 Å². The molecule has 0 atom stereocenters. The number of hydrogen-bond donors (Lipinski definition) is 2. The molecule has 0 aromatic rings. The Bertz CT molecular complexity index is 588. The SMILES string of the molecule is CCCCCCCCCOC(=O)N(CCCCCC)C(=O)O.CCCCCCCCCOC(=O)NCCCCCC. The van der Waals surface area contributed by atoms with Crippen molar-refractivity contribution in [2.45, 2.75) is 169 Å². The Labute approximate surface area is 252 Å². The van der Waals surface area contributed by atoms with Crippen LogP contribution < -0.4 is 5.32 Å². The van der Waals surface area contributed by atoms with E-state index in [2.05, 4.69) is 33.0 Å². The van der Waals surface area contributed by atoms with Gasteiger partial charge in [-0.3, -0.25) is 0 Å². The van der Waals surface area contributed by atoms with Crippen molar-refractivity contribution in [2.24, 2.45) is 0 Å². The number of amides is 3. The van der Waals surface area contributed by atoms with Crippen LogP contribution in [0, 0.1) is 0 Å². The van der Waals surface area contributed by atoms with Gasteiger partial charge in [0, 0.05) is 13.1 Å². The van der Waals surface area contributed by atoms with Gasteiger partial charge in [-0.05, 0) is 25.7 Å². The summed E-state index contributed by atoms with van der Waals surface area (Å²) in [6.45, 7) is 10.5. The third kappa shape index (κ3) is 32.4. The molecule has 0 rings (SSSR count). The fraction of sp³-hybridized carbons (Fsp3) is 0.909. The Kier molecular flexibility index (Phi) is 34.3. The van der Waals surface area contributed by atoms with Crippen molar-refractivity contribution >= 4 is 18.3 Å². The molecule has 0 bridgehead atoms. The molecule has 244 valence electrons. The summed E-state index contributed by atoms with van der Waals surface area (Å²) in [6, 6.07) is 0. The zero-order valence-corrected chi connectivity index (χ0v) is 27.3. The van der Waals surface area contributed by atoms with Gasteiger partial charge in [0.05, 0.1) is 13.2 Å². The Morgan fingerprint density at radius 2 is 0.927 bits per heavy atom. The van der Waals surface area contributed by atoms with Crippen LogP contribution in [0.3, 0.4) is 0 Å². The highest BCUT2D eigenvalue weighted by Crippen LogP contribution is 2.09. The molecule has 2 N–H and O–H groups in total. The maximum absolute atomic E-state index is 11.7. The van der Waals surface area contributed by atoms with Crippen LogP contribution in [-0.2, 0) is 9.47 Å². The van der Waals surface area contributed by atoms with E-state index in [9.17, 15) is 14.4 Å². The summed E-state index contributed by atoms with van der Waals surface area (Å²) in [5, 5.41) is 11.8. The average Bonchev–Trinajstić information content (AvgIpc) is 2.95. The monoisotopic (exact) mass is 586 g/mol. The van der Waals surface area contributed by atoms with Crippen LogP contribution in [0.15, 0.2) is 0 Å². The number of nitrogens with zero attached hydrogens (tertiary/aromatic N) is 1. The van der Waals surface area contributed by atoms with E-state index in [1.165, 1.54) is 83.5 Å². The Morgan fingerprint density at radius 1 is 0.537 bits per heavy atom. The van der Waals surface area contributed by atoms with Crippen LogP contribution in [0.2, 0.25) is 0 Å². The molecule has 0 saturated heterocycles. The molecule has 0 heterocycles. The van der Waals surface area contributed by atoms with E-state index in [0.717, 1.165) is 62.8 Å². The Hall–Kier alpha value is -1.99. The van der Waals surface area contributed by atoms with Crippen molar-refractivity contribution < 1.29 is 29.0 Å². The molecular weight excluding hydrogens is 520 g/mol. The minimum atomic E-state index is -1.22. The van der Waals surface area contributed by atoms with Gasteiger partial charge in [0.25, 0.3) is 0 Å². The highest BCUT2D eigenvalue weighted by molar-refractivity contribution is 5.86. The van der Waals surface area contributed by atoms with E-state index in [4.69, 9.17) is 14.6 Å². The van der Waals surface area contributed by atoms with E-state index in [-0.39, 0.29) is 12.6 Å². The van der Waals surface area contributed by atoms with Crippen molar-refractivity contribution in [3.05, 3.63) is 0 Å². The van der Waals surface area contributed by atoms with Crippen molar-refractivity contribution in [2.75, 3.05) is 26.3 Å². The first-order valence-corrected chi connectivity index (χ1v) is 17.0. The number of carbonyl (C=O) groups is 3. The van der Waals surface area contributed by atoms with Crippen LogP contribution in [0.25, 0.3) is 0 Å². The van der Waals surface area contributed by atoms with Crippen LogP contribution in [0.5, 0.6) is 0 Å². The largest absolute Gasteiger partial charge is 0.465 e. The van der Waals surface area contributed by atoms with E-state index in [0.29, 0.717) is 19.6 Å². The average molecular weight is 587 g/mol. The van der Waals surface area contributed by atoms with Crippen LogP contribution >= 0.6 is 0 Å². The van der Waals surface area contributed by atoms with Gasteiger partial charge in [0.15, 0.2) is 0 Å². The quantitative estimate of drug-likeness (QED) is 0.0977. The maximum Gasteiger partial charge on any atom is 0.419 e. The van der Waals surface area contributed by atoms with Crippen LogP contribution in [0.4, 0.5) is 14.4 Å². The topological polar surface area (TPSA) is 105 Å². The van der Waals surface area contributed by atoms with E-state index in [1.54, 1.807) is 0 Å². The molecule has 0 spiro atoms. The third-order valence-corrected chi connectivity index (χ3v) is 6.94. The van der Waals surface area contributed by atoms with Gasteiger partial charge in [0.2, 0.25) is 0 Å². The summed E-state index contributed by atoms with van der Waals surface area (Å²) in [6.07, 6.45) is 23.0. The molecule has 0 aromatic carbocycles. The first-order valence-electron chi connectivity index (χ1n) is 17.0. The molecule has 0 aromatic heterocycles. The van der Waals surface area contributed by atoms with Crippen molar-refractivity contribution in [1.29, 1.82) is 0 Å². The van der Waals surface area contributed by atoms with Crippen LogP contribution in [0.1, 0.15) is 169 Å². The molecule has 0 saturated carbocycles. The summed E-state index contributed by atoms with van der Waals surface area (Å²) in [5.41, 5.74) is 0. The van der Waals surface area contributed by atoms with Crippen LogP contribution in [-0.4, -0.2) is 54.6 Å². The van der Waals surface area contributed by atoms with Crippen molar-refractivity contribution in [3.63, 3.8) is 0 Å². The van der Waals surface area contributed by atoms with Gasteiger partial charge in [0.1, 0.15) is 0 Å². The van der Waals surface area contributed by atoms with E-state index >= 15 is 0 Å². The second-order valence-electron chi connectivity index (χ2n) is 11.0. The summed E-state index contributed by atoms with van der Waals surface area (Å²) in [5.74, 6) is 0. The molecule has 0 radical (unpaired) electrons. The molecule has 8 heteroatoms. The number of ether oxygens (including phenoxy) is 2. The number of alkyl carbamates (subject to hydrolysis) is 1. The number of imide groups is 1. The zero-order valence-electron chi connectivity index (χ0n) is 27.3. The summed E-state index contributed by atoms with van der Waals surface area (Å²) < 4.78 is 10.2. The maximum atomic E-state index is 11.7. The molecule has 0 unspecified atom stereocenters. The van der Waals surface area contributed by atoms with E-state index in [1.807, 2.05) is 0 Å². The number of carbonyl (C=O) groups excluding carboxylic acids is 2. The third-order valence-electron chi connectivity index (χ3n) is 6.94. The Balaban J connectivity index is 0. The molecule has 41 heavy (non-hydrogen) atoms. The number of hydrogen-bond acceptors (Lipinski definition) is 5. The predicted octanol–water partition coefficient (Wildman–Crippen LogP) is 10.5. The van der Waals surface area contributed by atoms with Gasteiger partial charge < -0.3 is 19.9 Å². The lowest BCUT2D eigenvalue weighted by Gasteiger charge is -2.16. The number of carboxylic acid groups (broad SMARTS) is 1. The molecule has 0 fully saturated rings. The lowest BCUT2D eigenvalue weighted by Crippen LogP contribution is -2.37. The first kappa shape index (κ1) is 41.1. The first-order chi connectivity index (χ1) is 19.9. The summed E-state index contributed by atoms with van der Waals surface area (Å²) in [4.78, 5) is 34.9. The Morgan fingerprint density at radius 3 is 1.39 bits per heavy atom. The zero-order chi connectivity index (χ0) is 30.8. The molecule has 3 amide bonds. The second-order valence-corrected chi connectivity index (χ2v) is 11.0. The molecule has 0 aliphatic rings. The predicted molar refractivity (Wildman–Crippen MR) is 170 cm³/mol. The number of unbranched alkanes of at least 4 members (excludes halogenated alkanes) is 18. The fourth-order valence-corrected chi connectivity index (χ4v) is 4.28. The fourth-order valence-electron chi connectivity index (χ4n) is 4.28. The summed E-state index contributed by atoms with van der Waals surface area (Å²) >= 11 is 0. The normalized spacial score (nSPS) is 10.4. The van der Waals surface area contributed by atoms with Crippen molar-refractivity contribution in [3.8, 4) is 0 Å². The highest BCUT2D eigenvalue weighted by atomic mass is 16.6. The van der Waals surface area contributed by atoms with E-state index < -0.39 is 12.2 Å². The number of nitrogens with one attached hydrogen (secondary N) is 1. The lowest BCUT2D eigenvalue weighted by molar-refractivity contribution is 0.0924. The van der Waals surface area contributed by atoms with Gasteiger partial charge in [-0.15, -0.1) is 0 Å².